The molecule has 0 radical (unpaired) electrons. The zero-order valence-electron chi connectivity index (χ0n) is 12.2. The molecule has 0 bridgehead atoms. The summed E-state index contributed by atoms with van der Waals surface area (Å²) in [5, 5.41) is 0. The van der Waals surface area contributed by atoms with Crippen LogP contribution in [0.4, 0.5) is 0 Å². The summed E-state index contributed by atoms with van der Waals surface area (Å²) < 4.78 is 10.4. The van der Waals surface area contributed by atoms with Gasteiger partial charge in [0.25, 0.3) is 5.78 Å². The quantitative estimate of drug-likeness (QED) is 0.301. The number of carbonyl (C=O) groups excluding carboxylic acids is 2. The molecule has 0 unspecified atom stereocenters. The van der Waals surface area contributed by atoms with Crippen molar-refractivity contribution in [1.82, 2.24) is 0 Å². The van der Waals surface area contributed by atoms with E-state index in [9.17, 15) is 9.59 Å². The van der Waals surface area contributed by atoms with Gasteiger partial charge in [-0.15, -0.1) is 0 Å². The summed E-state index contributed by atoms with van der Waals surface area (Å²) in [6.07, 6.45) is 3.75. The van der Waals surface area contributed by atoms with Crippen LogP contribution in [-0.4, -0.2) is 25.0 Å². The van der Waals surface area contributed by atoms with Gasteiger partial charge in [-0.2, -0.15) is 0 Å². The zero-order chi connectivity index (χ0) is 14.8. The van der Waals surface area contributed by atoms with E-state index in [-0.39, 0.29) is 0 Å². The van der Waals surface area contributed by atoms with E-state index in [1.54, 1.807) is 24.3 Å². The van der Waals surface area contributed by atoms with Gasteiger partial charge in [-0.1, -0.05) is 26.7 Å². The number of carbonyl (C=O) groups is 2. The Balaban J connectivity index is 2.50. The normalized spacial score (nSPS) is 10.1. The Morgan fingerprint density at radius 1 is 0.950 bits per heavy atom. The largest absolute Gasteiger partial charge is 0.494 e. The third-order valence-corrected chi connectivity index (χ3v) is 2.80. The molecule has 1 rings (SSSR count). The lowest BCUT2D eigenvalue weighted by Crippen LogP contribution is -2.18. The Morgan fingerprint density at radius 3 is 2.15 bits per heavy atom. The van der Waals surface area contributed by atoms with E-state index in [4.69, 9.17) is 9.47 Å². The summed E-state index contributed by atoms with van der Waals surface area (Å²) in [7, 11) is 0. The summed E-state index contributed by atoms with van der Waals surface area (Å²) in [5.74, 6) is -0.700. The van der Waals surface area contributed by atoms with E-state index in [1.165, 1.54) is 0 Å². The average molecular weight is 278 g/mol. The molecule has 0 saturated carbocycles. The molecule has 4 nitrogen and oxygen atoms in total. The molecule has 0 amide bonds. The molecule has 20 heavy (non-hydrogen) atoms. The maximum Gasteiger partial charge on any atom is 0.379 e. The highest BCUT2D eigenvalue weighted by atomic mass is 16.5. The minimum absolute atomic E-state index is 0.291. The van der Waals surface area contributed by atoms with Crippen LogP contribution in [-0.2, 0) is 9.53 Å². The zero-order valence-corrected chi connectivity index (χ0v) is 12.2. The second-order valence-corrected chi connectivity index (χ2v) is 4.54. The van der Waals surface area contributed by atoms with Crippen LogP contribution in [0.1, 0.15) is 49.9 Å². The van der Waals surface area contributed by atoms with Crippen molar-refractivity contribution in [3.8, 4) is 5.75 Å². The first-order valence-electron chi connectivity index (χ1n) is 7.13. The summed E-state index contributed by atoms with van der Waals surface area (Å²) >= 11 is 0. The standard InChI is InChI=1S/C16H22O4/c1-3-5-11-19-14-9-7-13(8-10-14)15(17)16(18)20-12-6-4-2/h7-10H,3-6,11-12H2,1-2H3. The number of hydrogen-bond donors (Lipinski definition) is 0. The molecule has 110 valence electrons. The molecule has 0 saturated heterocycles. The van der Waals surface area contributed by atoms with Crippen LogP contribution >= 0.6 is 0 Å². The minimum atomic E-state index is -0.793. The van der Waals surface area contributed by atoms with Crippen molar-refractivity contribution < 1.29 is 19.1 Å². The van der Waals surface area contributed by atoms with E-state index in [0.717, 1.165) is 25.7 Å². The Hall–Kier alpha value is -1.84. The molecule has 0 aliphatic rings. The van der Waals surface area contributed by atoms with Gasteiger partial charge in [0.2, 0.25) is 0 Å². The second kappa shape index (κ2) is 9.13. The Morgan fingerprint density at radius 2 is 1.55 bits per heavy atom. The lowest BCUT2D eigenvalue weighted by atomic mass is 10.1. The topological polar surface area (TPSA) is 52.6 Å². The number of benzene rings is 1. The van der Waals surface area contributed by atoms with Gasteiger partial charge in [0.15, 0.2) is 0 Å². The molecular formula is C16H22O4. The predicted octanol–water partition coefficient (Wildman–Crippen LogP) is 3.39. The lowest BCUT2D eigenvalue weighted by molar-refractivity contribution is -0.138. The summed E-state index contributed by atoms with van der Waals surface area (Å²) in [4.78, 5) is 23.3. The van der Waals surface area contributed by atoms with Crippen molar-refractivity contribution in [2.45, 2.75) is 39.5 Å². The number of Topliss-reactive ketones (excluding diaryl/α,β-unsaturated/α-hetero) is 1. The molecule has 1 aromatic rings. The Labute approximate surface area is 120 Å². The fraction of sp³-hybridized carbons (Fsp3) is 0.500. The molecule has 0 spiro atoms. The summed E-state index contributed by atoms with van der Waals surface area (Å²) in [5.41, 5.74) is 0.328. The number of hydrogen-bond acceptors (Lipinski definition) is 4. The lowest BCUT2D eigenvalue weighted by Gasteiger charge is -2.06. The van der Waals surface area contributed by atoms with Crippen LogP contribution in [0.3, 0.4) is 0 Å². The van der Waals surface area contributed by atoms with Crippen LogP contribution in [0.2, 0.25) is 0 Å². The van der Waals surface area contributed by atoms with Crippen molar-refractivity contribution in [2.75, 3.05) is 13.2 Å². The molecule has 0 N–H and O–H groups in total. The summed E-state index contributed by atoms with van der Waals surface area (Å²) in [6, 6.07) is 6.57. The van der Waals surface area contributed by atoms with Crippen LogP contribution in [0.5, 0.6) is 5.75 Å². The van der Waals surface area contributed by atoms with E-state index in [0.29, 0.717) is 24.5 Å². The van der Waals surface area contributed by atoms with E-state index in [2.05, 4.69) is 6.92 Å². The average Bonchev–Trinajstić information content (AvgIpc) is 2.47. The first kappa shape index (κ1) is 16.2. The van der Waals surface area contributed by atoms with Gasteiger partial charge in [-0.3, -0.25) is 4.79 Å². The van der Waals surface area contributed by atoms with E-state index >= 15 is 0 Å². The highest BCUT2D eigenvalue weighted by Gasteiger charge is 2.17. The van der Waals surface area contributed by atoms with Gasteiger partial charge in [0.1, 0.15) is 5.75 Å². The molecule has 4 heteroatoms. The molecular weight excluding hydrogens is 256 g/mol. The predicted molar refractivity (Wildman–Crippen MR) is 77.0 cm³/mol. The van der Waals surface area contributed by atoms with Crippen molar-refractivity contribution >= 4 is 11.8 Å². The number of esters is 1. The molecule has 0 fully saturated rings. The maximum atomic E-state index is 11.8. The van der Waals surface area contributed by atoms with Crippen LogP contribution in [0.25, 0.3) is 0 Å². The maximum absolute atomic E-state index is 11.8. The number of rotatable bonds is 9. The summed E-state index contributed by atoms with van der Waals surface area (Å²) in [6.45, 7) is 5.03. The third-order valence-electron chi connectivity index (χ3n) is 2.80. The van der Waals surface area contributed by atoms with Crippen LogP contribution in [0, 0.1) is 0 Å². The van der Waals surface area contributed by atoms with Gasteiger partial charge in [0.05, 0.1) is 13.2 Å². The second-order valence-electron chi connectivity index (χ2n) is 4.54. The van der Waals surface area contributed by atoms with Crippen LogP contribution < -0.4 is 4.74 Å². The monoisotopic (exact) mass is 278 g/mol. The Kier molecular flexibility index (Phi) is 7.40. The number of unbranched alkanes of at least 4 members (excludes halogenated alkanes) is 2. The van der Waals surface area contributed by atoms with Crippen LogP contribution in [0.15, 0.2) is 24.3 Å². The first-order valence-corrected chi connectivity index (χ1v) is 7.13. The van der Waals surface area contributed by atoms with Gasteiger partial charge in [0, 0.05) is 5.56 Å². The van der Waals surface area contributed by atoms with Crippen molar-refractivity contribution in [2.24, 2.45) is 0 Å². The fourth-order valence-corrected chi connectivity index (χ4v) is 1.53. The SMILES string of the molecule is CCCCOC(=O)C(=O)c1ccc(OCCCC)cc1. The van der Waals surface area contributed by atoms with Crippen molar-refractivity contribution in [3.63, 3.8) is 0 Å². The number of ketones is 1. The van der Waals surface area contributed by atoms with Gasteiger partial charge in [-0.25, -0.2) is 4.79 Å². The van der Waals surface area contributed by atoms with Gasteiger partial charge in [-0.05, 0) is 37.1 Å². The molecule has 0 aliphatic carbocycles. The molecule has 0 heterocycles. The molecule has 1 aromatic carbocycles. The van der Waals surface area contributed by atoms with Crippen molar-refractivity contribution in [3.05, 3.63) is 29.8 Å². The van der Waals surface area contributed by atoms with E-state index < -0.39 is 11.8 Å². The highest BCUT2D eigenvalue weighted by Crippen LogP contribution is 2.13. The molecule has 0 atom stereocenters. The first-order chi connectivity index (χ1) is 9.69. The molecule has 0 aromatic heterocycles. The fourth-order valence-electron chi connectivity index (χ4n) is 1.53. The van der Waals surface area contributed by atoms with Gasteiger partial charge >= 0.3 is 5.97 Å². The van der Waals surface area contributed by atoms with Gasteiger partial charge < -0.3 is 9.47 Å². The van der Waals surface area contributed by atoms with Crippen molar-refractivity contribution in [1.29, 1.82) is 0 Å². The smallest absolute Gasteiger partial charge is 0.379 e. The molecule has 0 aliphatic heterocycles. The third kappa shape index (κ3) is 5.43. The minimum Gasteiger partial charge on any atom is -0.494 e. The highest BCUT2D eigenvalue weighted by molar-refractivity contribution is 6.40. The number of ether oxygens (including phenoxy) is 2. The Bertz CT molecular complexity index is 423. The van der Waals surface area contributed by atoms with E-state index in [1.807, 2.05) is 6.92 Å².